The van der Waals surface area contributed by atoms with Gasteiger partial charge in [0.2, 0.25) is 10.0 Å². The van der Waals surface area contributed by atoms with E-state index in [2.05, 4.69) is 16.9 Å². The summed E-state index contributed by atoms with van der Waals surface area (Å²) in [5, 5.41) is 3.91. The van der Waals surface area contributed by atoms with Gasteiger partial charge in [-0.3, -0.25) is 4.68 Å². The number of likely N-dealkylation sites (N-methyl/N-ethyl adjacent to an activating group) is 1. The fourth-order valence-corrected chi connectivity index (χ4v) is 3.38. The van der Waals surface area contributed by atoms with Crippen LogP contribution in [0.15, 0.2) is 17.3 Å². The van der Waals surface area contributed by atoms with Crippen LogP contribution in [0.4, 0.5) is 0 Å². The third kappa shape index (κ3) is 2.51. The molecular weight excluding hydrogens is 240 g/mol. The molecule has 7 heteroatoms. The summed E-state index contributed by atoms with van der Waals surface area (Å²) < 4.78 is 27.5. The van der Waals surface area contributed by atoms with Gasteiger partial charge in [0.1, 0.15) is 4.90 Å². The lowest BCUT2D eigenvalue weighted by Gasteiger charge is -2.32. The van der Waals surface area contributed by atoms with Crippen molar-refractivity contribution in [3.05, 3.63) is 12.4 Å². The first kappa shape index (κ1) is 12.5. The third-order valence-electron chi connectivity index (χ3n) is 3.10. The van der Waals surface area contributed by atoms with Crippen LogP contribution in [0.2, 0.25) is 0 Å². The SMILES string of the molecule is CCN1CCN(S(=O)(=O)c2cnn(C)c2)CC1. The minimum absolute atomic E-state index is 0.282. The first-order valence-electron chi connectivity index (χ1n) is 5.75. The molecule has 17 heavy (non-hydrogen) atoms. The highest BCUT2D eigenvalue weighted by atomic mass is 32.2. The predicted octanol–water partition coefficient (Wildman–Crippen LogP) is -0.254. The number of nitrogens with zero attached hydrogens (tertiary/aromatic N) is 4. The van der Waals surface area contributed by atoms with Crippen LogP contribution in [0.3, 0.4) is 0 Å². The minimum Gasteiger partial charge on any atom is -0.301 e. The zero-order valence-corrected chi connectivity index (χ0v) is 11.0. The van der Waals surface area contributed by atoms with Crippen molar-refractivity contribution in [3.63, 3.8) is 0 Å². The average Bonchev–Trinajstić information content (AvgIpc) is 2.77. The van der Waals surface area contributed by atoms with Gasteiger partial charge in [0, 0.05) is 39.4 Å². The number of hydrogen-bond donors (Lipinski definition) is 0. The Balaban J connectivity index is 2.12. The highest BCUT2D eigenvalue weighted by molar-refractivity contribution is 7.89. The van der Waals surface area contributed by atoms with Gasteiger partial charge in [-0.1, -0.05) is 6.92 Å². The minimum atomic E-state index is -3.35. The summed E-state index contributed by atoms with van der Waals surface area (Å²) in [6.45, 7) is 5.79. The molecule has 0 aromatic carbocycles. The summed E-state index contributed by atoms with van der Waals surface area (Å²) >= 11 is 0. The van der Waals surface area contributed by atoms with Gasteiger partial charge < -0.3 is 4.90 Å². The quantitative estimate of drug-likeness (QED) is 0.750. The molecule has 1 aromatic rings. The molecule has 2 rings (SSSR count). The Kier molecular flexibility index (Phi) is 3.50. The van der Waals surface area contributed by atoms with Crippen LogP contribution in [0, 0.1) is 0 Å². The van der Waals surface area contributed by atoms with Crippen molar-refractivity contribution in [2.45, 2.75) is 11.8 Å². The summed E-state index contributed by atoms with van der Waals surface area (Å²) in [4.78, 5) is 2.53. The molecule has 0 saturated carbocycles. The van der Waals surface area contributed by atoms with Gasteiger partial charge in [0.05, 0.1) is 6.20 Å². The molecule has 0 aliphatic carbocycles. The molecule has 2 heterocycles. The molecule has 0 unspecified atom stereocenters. The second-order valence-corrected chi connectivity index (χ2v) is 6.13. The van der Waals surface area contributed by atoms with E-state index in [0.717, 1.165) is 19.6 Å². The van der Waals surface area contributed by atoms with E-state index in [9.17, 15) is 8.42 Å². The summed E-state index contributed by atoms with van der Waals surface area (Å²) in [6.07, 6.45) is 2.95. The van der Waals surface area contributed by atoms with Gasteiger partial charge in [0.25, 0.3) is 0 Å². The van der Waals surface area contributed by atoms with Crippen LogP contribution in [-0.4, -0.2) is 60.1 Å². The van der Waals surface area contributed by atoms with Crippen molar-refractivity contribution < 1.29 is 8.42 Å². The molecule has 0 radical (unpaired) electrons. The number of aromatic nitrogens is 2. The van der Waals surface area contributed by atoms with Crippen LogP contribution in [0.25, 0.3) is 0 Å². The number of rotatable bonds is 3. The highest BCUT2D eigenvalue weighted by Crippen LogP contribution is 2.16. The molecular formula is C10H18N4O2S. The van der Waals surface area contributed by atoms with E-state index in [-0.39, 0.29) is 4.90 Å². The van der Waals surface area contributed by atoms with Crippen LogP contribution in [0.5, 0.6) is 0 Å². The van der Waals surface area contributed by atoms with Crippen LogP contribution < -0.4 is 0 Å². The maximum Gasteiger partial charge on any atom is 0.246 e. The Morgan fingerprint density at radius 2 is 1.94 bits per heavy atom. The summed E-state index contributed by atoms with van der Waals surface area (Å²) in [6, 6.07) is 0. The van der Waals surface area contributed by atoms with Crippen molar-refractivity contribution in [2.24, 2.45) is 7.05 Å². The van der Waals surface area contributed by atoms with Gasteiger partial charge in [-0.15, -0.1) is 0 Å². The lowest BCUT2D eigenvalue weighted by molar-refractivity contribution is 0.196. The summed E-state index contributed by atoms with van der Waals surface area (Å²) in [7, 11) is -1.63. The van der Waals surface area contributed by atoms with E-state index in [1.54, 1.807) is 13.2 Å². The Hall–Kier alpha value is -0.920. The lowest BCUT2D eigenvalue weighted by Crippen LogP contribution is -2.48. The van der Waals surface area contributed by atoms with E-state index < -0.39 is 10.0 Å². The zero-order valence-electron chi connectivity index (χ0n) is 10.2. The van der Waals surface area contributed by atoms with Crippen molar-refractivity contribution in [1.29, 1.82) is 0 Å². The molecule has 1 aliphatic rings. The molecule has 1 fully saturated rings. The molecule has 6 nitrogen and oxygen atoms in total. The Morgan fingerprint density at radius 3 is 2.41 bits per heavy atom. The molecule has 0 N–H and O–H groups in total. The Morgan fingerprint density at radius 1 is 1.29 bits per heavy atom. The van der Waals surface area contributed by atoms with Crippen LogP contribution in [-0.2, 0) is 17.1 Å². The molecule has 1 saturated heterocycles. The molecule has 0 bridgehead atoms. The molecule has 1 aliphatic heterocycles. The first-order chi connectivity index (χ1) is 8.04. The Bertz CT molecular complexity index is 474. The summed E-state index contributed by atoms with van der Waals surface area (Å²) in [5.41, 5.74) is 0. The van der Waals surface area contributed by atoms with Crippen molar-refractivity contribution in [2.75, 3.05) is 32.7 Å². The average molecular weight is 258 g/mol. The lowest BCUT2D eigenvalue weighted by atomic mass is 10.4. The van der Waals surface area contributed by atoms with Crippen molar-refractivity contribution in [1.82, 2.24) is 19.0 Å². The van der Waals surface area contributed by atoms with E-state index >= 15 is 0 Å². The highest BCUT2D eigenvalue weighted by Gasteiger charge is 2.28. The zero-order chi connectivity index (χ0) is 12.5. The number of aryl methyl sites for hydroxylation is 1. The molecule has 96 valence electrons. The topological polar surface area (TPSA) is 58.4 Å². The van der Waals surface area contributed by atoms with Gasteiger partial charge in [-0.05, 0) is 6.54 Å². The maximum absolute atomic E-state index is 12.2. The maximum atomic E-state index is 12.2. The smallest absolute Gasteiger partial charge is 0.246 e. The normalized spacial score (nSPS) is 19.6. The number of sulfonamides is 1. The standard InChI is InChI=1S/C10H18N4O2S/c1-3-13-4-6-14(7-5-13)17(15,16)10-8-11-12(2)9-10/h8-9H,3-7H2,1-2H3. The van der Waals surface area contributed by atoms with Gasteiger partial charge in [-0.2, -0.15) is 9.40 Å². The van der Waals surface area contributed by atoms with E-state index in [1.807, 2.05) is 0 Å². The summed E-state index contributed by atoms with van der Waals surface area (Å²) in [5.74, 6) is 0. The number of piperazine rings is 1. The van der Waals surface area contributed by atoms with E-state index in [0.29, 0.717) is 13.1 Å². The molecule has 0 atom stereocenters. The number of hydrogen-bond acceptors (Lipinski definition) is 4. The third-order valence-corrected chi connectivity index (χ3v) is 4.95. The van der Waals surface area contributed by atoms with Crippen molar-refractivity contribution in [3.8, 4) is 0 Å². The molecule has 0 spiro atoms. The second kappa shape index (κ2) is 4.75. The Labute approximate surface area is 102 Å². The van der Waals surface area contributed by atoms with E-state index in [4.69, 9.17) is 0 Å². The van der Waals surface area contributed by atoms with Gasteiger partial charge >= 0.3 is 0 Å². The van der Waals surface area contributed by atoms with Crippen LogP contribution in [0.1, 0.15) is 6.92 Å². The molecule has 1 aromatic heterocycles. The first-order valence-corrected chi connectivity index (χ1v) is 7.19. The van der Waals surface area contributed by atoms with Crippen molar-refractivity contribution >= 4 is 10.0 Å². The van der Waals surface area contributed by atoms with Gasteiger partial charge in [0.15, 0.2) is 0 Å². The van der Waals surface area contributed by atoms with E-state index in [1.165, 1.54) is 15.2 Å². The monoisotopic (exact) mass is 258 g/mol. The molecule has 0 amide bonds. The fourth-order valence-electron chi connectivity index (χ4n) is 1.97. The predicted molar refractivity (Wildman–Crippen MR) is 64.1 cm³/mol. The van der Waals surface area contributed by atoms with Crippen LogP contribution >= 0.6 is 0 Å². The largest absolute Gasteiger partial charge is 0.301 e. The fraction of sp³-hybridized carbons (Fsp3) is 0.700. The van der Waals surface area contributed by atoms with Gasteiger partial charge in [-0.25, -0.2) is 8.42 Å². The second-order valence-electron chi connectivity index (χ2n) is 4.19.